The van der Waals surface area contributed by atoms with Crippen molar-refractivity contribution < 1.29 is 27.8 Å². The lowest BCUT2D eigenvalue weighted by Gasteiger charge is -2.29. The lowest BCUT2D eigenvalue weighted by atomic mass is 9.82. The first-order valence-corrected chi connectivity index (χ1v) is 10.1. The Morgan fingerprint density at radius 2 is 1.76 bits per heavy atom. The zero-order valence-corrected chi connectivity index (χ0v) is 16.8. The van der Waals surface area contributed by atoms with Crippen LogP contribution in [0.25, 0.3) is 0 Å². The molecule has 1 N–H and O–H groups in total. The fourth-order valence-electron chi connectivity index (χ4n) is 3.88. The molecule has 1 aliphatic rings. The number of rotatable bonds is 7. The highest BCUT2D eigenvalue weighted by molar-refractivity contribution is 5.31. The Morgan fingerprint density at radius 1 is 1.03 bits per heavy atom. The third-order valence-electron chi connectivity index (χ3n) is 5.51. The number of hydrogen-bond donors (Lipinski definition) is 1. The molecule has 0 aliphatic heterocycles. The Labute approximate surface area is 169 Å². The molecule has 0 saturated heterocycles. The van der Waals surface area contributed by atoms with Crippen molar-refractivity contribution in [1.29, 1.82) is 0 Å². The molecule has 3 nitrogen and oxygen atoms in total. The van der Waals surface area contributed by atoms with Crippen LogP contribution in [-0.4, -0.2) is 17.8 Å². The highest BCUT2D eigenvalue weighted by Crippen LogP contribution is 2.36. The van der Waals surface area contributed by atoms with Crippen molar-refractivity contribution in [3.63, 3.8) is 0 Å². The van der Waals surface area contributed by atoms with Crippen LogP contribution in [0.5, 0.6) is 5.75 Å². The van der Waals surface area contributed by atoms with Gasteiger partial charge in [0.05, 0.1) is 25.4 Å². The van der Waals surface area contributed by atoms with Crippen LogP contribution in [0.4, 0.5) is 13.2 Å². The molecule has 0 spiro atoms. The summed E-state index contributed by atoms with van der Waals surface area (Å²) in [5.41, 5.74) is 0.754. The molecule has 2 aromatic rings. The molecule has 0 radical (unpaired) electrons. The van der Waals surface area contributed by atoms with E-state index < -0.39 is 17.7 Å². The van der Waals surface area contributed by atoms with Gasteiger partial charge in [-0.15, -0.1) is 0 Å². The van der Waals surface area contributed by atoms with E-state index in [4.69, 9.17) is 9.47 Å². The summed E-state index contributed by atoms with van der Waals surface area (Å²) in [6, 6.07) is 7.83. The zero-order valence-electron chi connectivity index (χ0n) is 16.8. The van der Waals surface area contributed by atoms with Crippen LogP contribution >= 0.6 is 0 Å². The van der Waals surface area contributed by atoms with Gasteiger partial charge in [0, 0.05) is 17.2 Å². The van der Waals surface area contributed by atoms with Gasteiger partial charge in [0.25, 0.3) is 0 Å². The summed E-state index contributed by atoms with van der Waals surface area (Å²) < 4.78 is 53.7. The van der Waals surface area contributed by atoms with E-state index >= 15 is 0 Å². The molecule has 3 rings (SSSR count). The molecule has 1 saturated carbocycles. The summed E-state index contributed by atoms with van der Waals surface area (Å²) in [4.78, 5) is 0. The van der Waals surface area contributed by atoms with Gasteiger partial charge in [0.1, 0.15) is 11.6 Å². The van der Waals surface area contributed by atoms with Crippen molar-refractivity contribution in [3.8, 4) is 5.75 Å². The van der Waals surface area contributed by atoms with E-state index in [-0.39, 0.29) is 35.6 Å². The fourth-order valence-corrected chi connectivity index (χ4v) is 3.88. The Kier molecular flexibility index (Phi) is 7.19. The van der Waals surface area contributed by atoms with Crippen LogP contribution < -0.4 is 4.74 Å². The minimum absolute atomic E-state index is 0.0322. The average molecular weight is 408 g/mol. The van der Waals surface area contributed by atoms with Gasteiger partial charge in [-0.25, -0.2) is 13.2 Å². The van der Waals surface area contributed by atoms with Gasteiger partial charge >= 0.3 is 0 Å². The van der Waals surface area contributed by atoms with Gasteiger partial charge in [0.2, 0.25) is 0 Å². The lowest BCUT2D eigenvalue weighted by Crippen LogP contribution is -2.21. The molecule has 1 aliphatic carbocycles. The van der Waals surface area contributed by atoms with Crippen LogP contribution in [0.1, 0.15) is 68.2 Å². The number of halogens is 3. The maximum atomic E-state index is 14.4. The normalized spacial score (nSPS) is 20.5. The monoisotopic (exact) mass is 408 g/mol. The average Bonchev–Trinajstić information content (AvgIpc) is 2.70. The Hall–Kier alpha value is -2.05. The molecule has 0 amide bonds. The van der Waals surface area contributed by atoms with Crippen molar-refractivity contribution in [2.75, 3.05) is 6.61 Å². The molecule has 1 unspecified atom stereocenters. The molecule has 1 atom stereocenters. The van der Waals surface area contributed by atoms with Crippen molar-refractivity contribution in [2.24, 2.45) is 0 Å². The molecule has 2 aromatic carbocycles. The van der Waals surface area contributed by atoms with Crippen LogP contribution in [0, 0.1) is 17.5 Å². The number of aliphatic hydroxyl groups excluding tert-OH is 1. The largest absolute Gasteiger partial charge is 0.494 e. The van der Waals surface area contributed by atoms with E-state index in [0.717, 1.165) is 25.7 Å². The first-order chi connectivity index (χ1) is 13.9. The Morgan fingerprint density at radius 3 is 2.38 bits per heavy atom. The summed E-state index contributed by atoms with van der Waals surface area (Å²) in [5, 5.41) is 9.46. The van der Waals surface area contributed by atoms with Crippen LogP contribution in [0.2, 0.25) is 0 Å². The van der Waals surface area contributed by atoms with Gasteiger partial charge in [-0.3, -0.25) is 0 Å². The molecular weight excluding hydrogens is 381 g/mol. The maximum Gasteiger partial charge on any atom is 0.164 e. The van der Waals surface area contributed by atoms with Crippen LogP contribution in [0.15, 0.2) is 30.3 Å². The van der Waals surface area contributed by atoms with Gasteiger partial charge < -0.3 is 14.6 Å². The third kappa shape index (κ3) is 5.11. The minimum atomic E-state index is -1.07. The fraction of sp³-hybridized carbons (Fsp3) is 0.478. The maximum absolute atomic E-state index is 14.4. The summed E-state index contributed by atoms with van der Waals surface area (Å²) in [6.07, 6.45) is 1.86. The predicted octanol–water partition coefficient (Wildman–Crippen LogP) is 5.80. The SMILES string of the molecule is CCOc1ccc(C2CCC(OCc3ccc(C(C)O)c(F)c3F)CC2)c(F)c1. The zero-order chi connectivity index (χ0) is 21.0. The lowest BCUT2D eigenvalue weighted by molar-refractivity contribution is 0.0116. The molecule has 29 heavy (non-hydrogen) atoms. The highest BCUT2D eigenvalue weighted by atomic mass is 19.2. The predicted molar refractivity (Wildman–Crippen MR) is 104 cm³/mol. The van der Waals surface area contributed by atoms with Crippen molar-refractivity contribution in [1.82, 2.24) is 0 Å². The van der Waals surface area contributed by atoms with E-state index in [0.29, 0.717) is 17.9 Å². The Bertz CT molecular complexity index is 830. The summed E-state index contributed by atoms with van der Waals surface area (Å²) in [5.74, 6) is -1.62. The molecule has 158 valence electrons. The van der Waals surface area contributed by atoms with E-state index in [2.05, 4.69) is 0 Å². The number of ether oxygens (including phenoxy) is 2. The van der Waals surface area contributed by atoms with Crippen LogP contribution in [0.3, 0.4) is 0 Å². The highest BCUT2D eigenvalue weighted by Gasteiger charge is 2.25. The first kappa shape index (κ1) is 21.7. The quantitative estimate of drug-likeness (QED) is 0.629. The van der Waals surface area contributed by atoms with Gasteiger partial charge in [-0.05, 0) is 57.1 Å². The minimum Gasteiger partial charge on any atom is -0.494 e. The second-order valence-corrected chi connectivity index (χ2v) is 7.52. The van der Waals surface area contributed by atoms with Gasteiger partial charge in [0.15, 0.2) is 11.6 Å². The Balaban J connectivity index is 1.55. The number of benzene rings is 2. The van der Waals surface area contributed by atoms with E-state index in [9.17, 15) is 18.3 Å². The topological polar surface area (TPSA) is 38.7 Å². The first-order valence-electron chi connectivity index (χ1n) is 10.1. The molecule has 6 heteroatoms. The molecule has 0 bridgehead atoms. The molecule has 0 aromatic heterocycles. The third-order valence-corrected chi connectivity index (χ3v) is 5.51. The standard InChI is InChI=1S/C23H27F3O3/c1-3-28-18-9-11-20(21(24)12-18)15-4-7-17(8-5-15)29-13-16-6-10-19(14(2)27)23(26)22(16)25/h6,9-12,14-15,17,27H,3-5,7-8,13H2,1-2H3. The van der Waals surface area contributed by atoms with Crippen molar-refractivity contribution in [2.45, 2.75) is 64.3 Å². The number of aliphatic hydroxyl groups is 1. The molecule has 0 heterocycles. The van der Waals surface area contributed by atoms with E-state index in [1.165, 1.54) is 25.1 Å². The van der Waals surface area contributed by atoms with E-state index in [1.807, 2.05) is 6.92 Å². The summed E-state index contributed by atoms with van der Waals surface area (Å²) in [6.45, 7) is 3.71. The van der Waals surface area contributed by atoms with Crippen molar-refractivity contribution >= 4 is 0 Å². The summed E-state index contributed by atoms with van der Waals surface area (Å²) in [7, 11) is 0. The van der Waals surface area contributed by atoms with E-state index in [1.54, 1.807) is 12.1 Å². The molecule has 1 fully saturated rings. The smallest absolute Gasteiger partial charge is 0.164 e. The number of hydrogen-bond acceptors (Lipinski definition) is 3. The van der Waals surface area contributed by atoms with Gasteiger partial charge in [-0.2, -0.15) is 0 Å². The van der Waals surface area contributed by atoms with Gasteiger partial charge in [-0.1, -0.05) is 18.2 Å². The second-order valence-electron chi connectivity index (χ2n) is 7.52. The second kappa shape index (κ2) is 9.63. The van der Waals surface area contributed by atoms with Crippen LogP contribution in [-0.2, 0) is 11.3 Å². The summed E-state index contributed by atoms with van der Waals surface area (Å²) >= 11 is 0. The molecular formula is C23H27F3O3. The van der Waals surface area contributed by atoms with Crippen molar-refractivity contribution in [3.05, 3.63) is 64.5 Å².